The molecule has 0 radical (unpaired) electrons. The van der Waals surface area contributed by atoms with Gasteiger partial charge >= 0.3 is 0 Å². The summed E-state index contributed by atoms with van der Waals surface area (Å²) in [5.41, 5.74) is 1.88. The number of hydrogen-bond acceptors (Lipinski definition) is 1. The van der Waals surface area contributed by atoms with Gasteiger partial charge in [-0.1, -0.05) is 19.4 Å². The molecule has 0 amide bonds. The van der Waals surface area contributed by atoms with Crippen molar-refractivity contribution in [2.75, 3.05) is 0 Å². The Morgan fingerprint density at radius 3 is 2.58 bits per heavy atom. The van der Waals surface area contributed by atoms with Gasteiger partial charge in [0, 0.05) is 0 Å². The number of aldehydes is 1. The van der Waals surface area contributed by atoms with Gasteiger partial charge in [0.2, 0.25) is 0 Å². The molecule has 0 aromatic heterocycles. The molecular formula is C11H16O. The molecule has 2 atom stereocenters. The van der Waals surface area contributed by atoms with E-state index < -0.39 is 0 Å². The van der Waals surface area contributed by atoms with Crippen LogP contribution in [0.3, 0.4) is 0 Å². The molecule has 1 nitrogen and oxygen atoms in total. The SMILES string of the molecule is CC1(C)C2CCC1/C(=C\C=O)C2. The van der Waals surface area contributed by atoms with Gasteiger partial charge in [-0.15, -0.1) is 0 Å². The molecule has 12 heavy (non-hydrogen) atoms. The Hall–Kier alpha value is -0.590. The van der Waals surface area contributed by atoms with Crippen molar-refractivity contribution in [2.45, 2.75) is 33.1 Å². The van der Waals surface area contributed by atoms with Crippen LogP contribution in [-0.2, 0) is 4.79 Å². The normalized spacial score (nSPS) is 40.7. The number of allylic oxidation sites excluding steroid dienone is 2. The molecule has 0 aromatic carbocycles. The van der Waals surface area contributed by atoms with Crippen molar-refractivity contribution in [1.29, 1.82) is 0 Å². The Balaban J connectivity index is 2.29. The van der Waals surface area contributed by atoms with Crippen LogP contribution >= 0.6 is 0 Å². The van der Waals surface area contributed by atoms with Crippen molar-refractivity contribution in [3.05, 3.63) is 11.6 Å². The molecule has 2 unspecified atom stereocenters. The van der Waals surface area contributed by atoms with E-state index in [2.05, 4.69) is 13.8 Å². The molecular weight excluding hydrogens is 148 g/mol. The van der Waals surface area contributed by atoms with Crippen molar-refractivity contribution in [3.63, 3.8) is 0 Å². The second-order valence-corrected chi connectivity index (χ2v) is 4.73. The standard InChI is InChI=1S/C11H16O/c1-11(2)9-3-4-10(11)8(7-9)5-6-12/h5-6,9-10H,3-4,7H2,1-2H3/b8-5-. The molecule has 2 saturated carbocycles. The number of rotatable bonds is 1. The monoisotopic (exact) mass is 164 g/mol. The fourth-order valence-corrected chi connectivity index (χ4v) is 3.12. The Morgan fingerprint density at radius 1 is 1.42 bits per heavy atom. The van der Waals surface area contributed by atoms with Gasteiger partial charge in [-0.25, -0.2) is 0 Å². The molecule has 2 rings (SSSR count). The molecule has 1 heteroatoms. The van der Waals surface area contributed by atoms with Crippen LogP contribution in [0.5, 0.6) is 0 Å². The van der Waals surface area contributed by atoms with Crippen LogP contribution in [0.1, 0.15) is 33.1 Å². The van der Waals surface area contributed by atoms with E-state index in [0.717, 1.165) is 12.2 Å². The van der Waals surface area contributed by atoms with Crippen LogP contribution in [0.25, 0.3) is 0 Å². The van der Waals surface area contributed by atoms with Gasteiger partial charge in [0.1, 0.15) is 6.29 Å². The van der Waals surface area contributed by atoms with Crippen molar-refractivity contribution in [1.82, 2.24) is 0 Å². The molecule has 0 spiro atoms. The Labute approximate surface area is 73.8 Å². The molecule has 2 bridgehead atoms. The molecule has 2 aliphatic carbocycles. The first-order valence-electron chi connectivity index (χ1n) is 4.80. The summed E-state index contributed by atoms with van der Waals surface area (Å²) in [4.78, 5) is 10.4. The van der Waals surface area contributed by atoms with Gasteiger partial charge in [0.15, 0.2) is 0 Å². The lowest BCUT2D eigenvalue weighted by atomic mass is 9.81. The topological polar surface area (TPSA) is 17.1 Å². The summed E-state index contributed by atoms with van der Waals surface area (Å²) in [5.74, 6) is 1.54. The van der Waals surface area contributed by atoms with E-state index in [1.54, 1.807) is 6.08 Å². The minimum atomic E-state index is 0.467. The summed E-state index contributed by atoms with van der Waals surface area (Å²) in [6.07, 6.45) is 6.60. The van der Waals surface area contributed by atoms with Gasteiger partial charge in [-0.05, 0) is 42.6 Å². The average Bonchev–Trinajstić information content (AvgIpc) is 2.41. The maximum Gasteiger partial charge on any atom is 0.142 e. The predicted molar refractivity (Wildman–Crippen MR) is 48.8 cm³/mol. The Bertz CT molecular complexity index is 237. The number of carbonyl (C=O) groups is 1. The quantitative estimate of drug-likeness (QED) is 0.430. The van der Waals surface area contributed by atoms with Gasteiger partial charge in [0.05, 0.1) is 0 Å². The first kappa shape index (κ1) is 8.03. The first-order valence-corrected chi connectivity index (χ1v) is 4.80. The van der Waals surface area contributed by atoms with E-state index in [0.29, 0.717) is 11.3 Å². The van der Waals surface area contributed by atoms with Crippen LogP contribution in [-0.4, -0.2) is 6.29 Å². The number of carbonyl (C=O) groups excluding carboxylic acids is 1. The molecule has 66 valence electrons. The fraction of sp³-hybridized carbons (Fsp3) is 0.727. The van der Waals surface area contributed by atoms with Gasteiger partial charge < -0.3 is 0 Å². The Morgan fingerprint density at radius 2 is 2.17 bits per heavy atom. The molecule has 2 fully saturated rings. The van der Waals surface area contributed by atoms with Crippen LogP contribution in [0.15, 0.2) is 11.6 Å². The molecule has 0 saturated heterocycles. The lowest BCUT2D eigenvalue weighted by Gasteiger charge is -2.23. The first-order chi connectivity index (χ1) is 5.66. The average molecular weight is 164 g/mol. The van der Waals surface area contributed by atoms with Crippen molar-refractivity contribution >= 4 is 6.29 Å². The van der Waals surface area contributed by atoms with E-state index in [1.165, 1.54) is 24.8 Å². The van der Waals surface area contributed by atoms with Gasteiger partial charge in [-0.2, -0.15) is 0 Å². The van der Waals surface area contributed by atoms with E-state index >= 15 is 0 Å². The summed E-state index contributed by atoms with van der Waals surface area (Å²) in [5, 5.41) is 0. The van der Waals surface area contributed by atoms with Crippen LogP contribution in [0, 0.1) is 17.3 Å². The zero-order chi connectivity index (χ0) is 8.77. The highest BCUT2D eigenvalue weighted by atomic mass is 16.1. The molecule has 0 N–H and O–H groups in total. The lowest BCUT2D eigenvalue weighted by molar-refractivity contribution is -0.104. The van der Waals surface area contributed by atoms with Crippen molar-refractivity contribution in [3.8, 4) is 0 Å². The summed E-state index contributed by atoms with van der Waals surface area (Å²) in [6, 6.07) is 0. The summed E-state index contributed by atoms with van der Waals surface area (Å²) in [6.45, 7) is 4.70. The zero-order valence-corrected chi connectivity index (χ0v) is 7.84. The highest BCUT2D eigenvalue weighted by molar-refractivity contribution is 5.66. The maximum atomic E-state index is 10.4. The smallest absolute Gasteiger partial charge is 0.142 e. The fourth-order valence-electron chi connectivity index (χ4n) is 3.12. The molecule has 0 aliphatic heterocycles. The van der Waals surface area contributed by atoms with Gasteiger partial charge in [0.25, 0.3) is 0 Å². The maximum absolute atomic E-state index is 10.4. The van der Waals surface area contributed by atoms with Crippen LogP contribution < -0.4 is 0 Å². The second-order valence-electron chi connectivity index (χ2n) is 4.73. The van der Waals surface area contributed by atoms with E-state index in [1.807, 2.05) is 0 Å². The third-order valence-corrected chi connectivity index (χ3v) is 3.97. The van der Waals surface area contributed by atoms with Crippen LogP contribution in [0.4, 0.5) is 0 Å². The summed E-state index contributed by atoms with van der Waals surface area (Å²) >= 11 is 0. The minimum Gasteiger partial charge on any atom is -0.299 e. The molecule has 2 aliphatic rings. The Kier molecular flexibility index (Phi) is 1.64. The molecule has 0 aromatic rings. The van der Waals surface area contributed by atoms with E-state index in [4.69, 9.17) is 0 Å². The third-order valence-electron chi connectivity index (χ3n) is 3.97. The zero-order valence-electron chi connectivity index (χ0n) is 7.84. The summed E-state index contributed by atoms with van der Waals surface area (Å²) < 4.78 is 0. The highest BCUT2D eigenvalue weighted by Crippen LogP contribution is 2.59. The number of fused-ring (bicyclic) bond motifs is 2. The molecule has 0 heterocycles. The van der Waals surface area contributed by atoms with E-state index in [-0.39, 0.29) is 0 Å². The largest absolute Gasteiger partial charge is 0.299 e. The predicted octanol–water partition coefficient (Wildman–Crippen LogP) is 2.57. The lowest BCUT2D eigenvalue weighted by Crippen LogP contribution is -2.16. The van der Waals surface area contributed by atoms with Crippen molar-refractivity contribution < 1.29 is 4.79 Å². The van der Waals surface area contributed by atoms with Crippen molar-refractivity contribution in [2.24, 2.45) is 17.3 Å². The number of hydrogen-bond donors (Lipinski definition) is 0. The third kappa shape index (κ3) is 0.886. The minimum absolute atomic E-state index is 0.467. The second kappa shape index (κ2) is 2.45. The van der Waals surface area contributed by atoms with E-state index in [9.17, 15) is 4.79 Å². The van der Waals surface area contributed by atoms with Gasteiger partial charge in [-0.3, -0.25) is 4.79 Å². The van der Waals surface area contributed by atoms with Crippen LogP contribution in [0.2, 0.25) is 0 Å². The highest BCUT2D eigenvalue weighted by Gasteiger charge is 2.50. The summed E-state index contributed by atoms with van der Waals surface area (Å²) in [7, 11) is 0.